The summed E-state index contributed by atoms with van der Waals surface area (Å²) in [6, 6.07) is 31.7. The summed E-state index contributed by atoms with van der Waals surface area (Å²) in [5.41, 5.74) is 6.65. The maximum absolute atomic E-state index is 12.8. The Bertz CT molecular complexity index is 1160. The van der Waals surface area contributed by atoms with Crippen molar-refractivity contribution in [3.63, 3.8) is 0 Å². The van der Waals surface area contributed by atoms with Gasteiger partial charge in [-0.05, 0) is 55.7 Å². The fraction of sp³-hybridized carbons (Fsp3) is 0.344. The van der Waals surface area contributed by atoms with Gasteiger partial charge in [0, 0.05) is 30.2 Å². The number of piperidine rings is 1. The van der Waals surface area contributed by atoms with Gasteiger partial charge >= 0.3 is 6.09 Å². The Labute approximate surface area is 215 Å². The molecule has 1 amide bonds. The Morgan fingerprint density at radius 2 is 1.47 bits per heavy atom. The van der Waals surface area contributed by atoms with Gasteiger partial charge in [0.05, 0.1) is 0 Å². The van der Waals surface area contributed by atoms with E-state index in [1.165, 1.54) is 29.7 Å². The van der Waals surface area contributed by atoms with Crippen molar-refractivity contribution in [1.82, 2.24) is 10.2 Å². The van der Waals surface area contributed by atoms with Gasteiger partial charge < -0.3 is 15.0 Å². The van der Waals surface area contributed by atoms with Crippen molar-refractivity contribution >= 4 is 6.09 Å². The Kier molecular flexibility index (Phi) is 7.41. The van der Waals surface area contributed by atoms with E-state index in [4.69, 9.17) is 4.74 Å². The van der Waals surface area contributed by atoms with E-state index >= 15 is 0 Å². The van der Waals surface area contributed by atoms with E-state index in [0.29, 0.717) is 19.7 Å². The SMILES string of the molecule is CC(NC(CC1(c2ccccc2)CCN(C(=O)OCc2ccccc2)CC1)=C1CC1)c1ccccc1. The van der Waals surface area contributed by atoms with Gasteiger partial charge in [0.1, 0.15) is 6.61 Å². The van der Waals surface area contributed by atoms with Gasteiger partial charge in [0.25, 0.3) is 0 Å². The molecule has 3 aromatic carbocycles. The highest BCUT2D eigenvalue weighted by Gasteiger charge is 2.39. The first kappa shape index (κ1) is 24.2. The zero-order chi connectivity index (χ0) is 24.8. The number of hydrogen-bond acceptors (Lipinski definition) is 3. The monoisotopic (exact) mass is 480 g/mol. The van der Waals surface area contributed by atoms with Crippen LogP contribution >= 0.6 is 0 Å². The lowest BCUT2D eigenvalue weighted by Gasteiger charge is -2.43. The van der Waals surface area contributed by atoms with Crippen molar-refractivity contribution in [2.75, 3.05) is 13.1 Å². The van der Waals surface area contributed by atoms with Crippen molar-refractivity contribution in [1.29, 1.82) is 0 Å². The third kappa shape index (κ3) is 5.81. The first-order valence-electron chi connectivity index (χ1n) is 13.2. The number of likely N-dealkylation sites (tertiary alicyclic amines) is 1. The number of nitrogens with one attached hydrogen (secondary N) is 1. The number of rotatable bonds is 8. The minimum atomic E-state index is -0.211. The Hall–Kier alpha value is -3.53. The molecule has 1 N–H and O–H groups in total. The molecule has 0 aromatic heterocycles. The fourth-order valence-corrected chi connectivity index (χ4v) is 5.35. The van der Waals surface area contributed by atoms with Crippen molar-refractivity contribution in [2.45, 2.75) is 57.1 Å². The first-order valence-corrected chi connectivity index (χ1v) is 13.2. The maximum atomic E-state index is 12.8. The number of ether oxygens (including phenoxy) is 1. The molecule has 0 spiro atoms. The first-order chi connectivity index (χ1) is 17.6. The average molecular weight is 481 g/mol. The standard InChI is InChI=1S/C32H36N2O2/c1-25(27-13-7-3-8-14-27)33-30(28-17-18-28)23-32(29-15-9-4-10-16-29)19-21-34(22-20-32)31(35)36-24-26-11-5-2-6-12-26/h2-16,25,33H,17-24H2,1H3. The summed E-state index contributed by atoms with van der Waals surface area (Å²) in [5, 5.41) is 3.88. The Morgan fingerprint density at radius 1 is 0.889 bits per heavy atom. The van der Waals surface area contributed by atoms with Crippen LogP contribution in [0, 0.1) is 0 Å². The average Bonchev–Trinajstić information content (AvgIpc) is 3.79. The van der Waals surface area contributed by atoms with Crippen LogP contribution in [-0.2, 0) is 16.8 Å². The molecule has 5 rings (SSSR count). The van der Waals surface area contributed by atoms with Gasteiger partial charge in [0.2, 0.25) is 0 Å². The van der Waals surface area contributed by atoms with Crippen molar-refractivity contribution in [3.8, 4) is 0 Å². The number of benzene rings is 3. The van der Waals surface area contributed by atoms with Crippen molar-refractivity contribution in [2.24, 2.45) is 0 Å². The molecular weight excluding hydrogens is 444 g/mol. The van der Waals surface area contributed by atoms with Crippen LogP contribution in [0.3, 0.4) is 0 Å². The quantitative estimate of drug-likeness (QED) is 0.372. The summed E-state index contributed by atoms with van der Waals surface area (Å²) < 4.78 is 5.64. The third-order valence-electron chi connectivity index (χ3n) is 7.70. The molecule has 186 valence electrons. The second-order valence-corrected chi connectivity index (χ2v) is 10.2. The lowest BCUT2D eigenvalue weighted by Crippen LogP contribution is -2.46. The molecule has 4 nitrogen and oxygen atoms in total. The Balaban J connectivity index is 1.29. The molecule has 2 aliphatic rings. The molecule has 1 aliphatic heterocycles. The van der Waals surface area contributed by atoms with E-state index < -0.39 is 0 Å². The number of amides is 1. The molecule has 36 heavy (non-hydrogen) atoms. The molecule has 0 bridgehead atoms. The summed E-state index contributed by atoms with van der Waals surface area (Å²) in [6.45, 7) is 3.98. The van der Waals surface area contributed by atoms with Gasteiger partial charge in [-0.3, -0.25) is 0 Å². The van der Waals surface area contributed by atoms with Gasteiger partial charge in [0.15, 0.2) is 0 Å². The largest absolute Gasteiger partial charge is 0.445 e. The second-order valence-electron chi connectivity index (χ2n) is 10.2. The predicted octanol–water partition coefficient (Wildman–Crippen LogP) is 7.15. The van der Waals surface area contributed by atoms with E-state index in [2.05, 4.69) is 72.9 Å². The number of carbonyl (C=O) groups is 1. The number of hydrogen-bond donors (Lipinski definition) is 1. The van der Waals surface area contributed by atoms with Crippen LogP contribution in [0.25, 0.3) is 0 Å². The fourth-order valence-electron chi connectivity index (χ4n) is 5.35. The molecule has 1 saturated heterocycles. The zero-order valence-electron chi connectivity index (χ0n) is 21.2. The predicted molar refractivity (Wildman–Crippen MR) is 144 cm³/mol. The van der Waals surface area contributed by atoms with Crippen LogP contribution < -0.4 is 5.32 Å². The van der Waals surface area contributed by atoms with Crippen molar-refractivity contribution < 1.29 is 9.53 Å². The molecule has 1 saturated carbocycles. The smallest absolute Gasteiger partial charge is 0.410 e. The minimum Gasteiger partial charge on any atom is -0.445 e. The summed E-state index contributed by atoms with van der Waals surface area (Å²) in [5.74, 6) is 0. The van der Waals surface area contributed by atoms with Crippen LogP contribution in [0.5, 0.6) is 0 Å². The second kappa shape index (κ2) is 11.0. The molecule has 1 atom stereocenters. The normalized spacial score (nSPS) is 17.2. The molecule has 2 fully saturated rings. The van der Waals surface area contributed by atoms with Gasteiger partial charge in [-0.2, -0.15) is 0 Å². The lowest BCUT2D eigenvalue weighted by molar-refractivity contribution is 0.0768. The van der Waals surface area contributed by atoms with E-state index in [0.717, 1.165) is 24.8 Å². The van der Waals surface area contributed by atoms with Crippen molar-refractivity contribution in [3.05, 3.63) is 119 Å². The molecule has 1 unspecified atom stereocenters. The molecule has 4 heteroatoms. The molecule has 1 heterocycles. The van der Waals surface area contributed by atoms with Gasteiger partial charge in [-0.15, -0.1) is 0 Å². The summed E-state index contributed by atoms with van der Waals surface area (Å²) >= 11 is 0. The number of nitrogens with zero attached hydrogens (tertiary/aromatic N) is 1. The Morgan fingerprint density at radius 3 is 2.08 bits per heavy atom. The van der Waals surface area contributed by atoms with E-state index in [1.54, 1.807) is 5.57 Å². The summed E-state index contributed by atoms with van der Waals surface area (Å²) in [6.07, 6.45) is 5.00. The number of allylic oxidation sites excluding steroid dienone is 2. The van der Waals surface area contributed by atoms with E-state index in [1.807, 2.05) is 35.2 Å². The van der Waals surface area contributed by atoms with Gasteiger partial charge in [-0.1, -0.05) is 96.6 Å². The highest BCUT2D eigenvalue weighted by molar-refractivity contribution is 5.67. The third-order valence-corrected chi connectivity index (χ3v) is 7.70. The summed E-state index contributed by atoms with van der Waals surface area (Å²) in [7, 11) is 0. The highest BCUT2D eigenvalue weighted by atomic mass is 16.6. The molecule has 0 radical (unpaired) electrons. The molecule has 3 aromatic rings. The minimum absolute atomic E-state index is 0.00576. The van der Waals surface area contributed by atoms with Crippen LogP contribution in [0.1, 0.15) is 61.8 Å². The molecular formula is C32H36N2O2. The van der Waals surface area contributed by atoms with E-state index in [9.17, 15) is 4.79 Å². The van der Waals surface area contributed by atoms with E-state index in [-0.39, 0.29) is 17.6 Å². The lowest BCUT2D eigenvalue weighted by atomic mass is 9.69. The number of carbonyl (C=O) groups excluding carboxylic acids is 1. The van der Waals surface area contributed by atoms with Crippen LogP contribution in [0.4, 0.5) is 4.79 Å². The maximum Gasteiger partial charge on any atom is 0.410 e. The highest BCUT2D eigenvalue weighted by Crippen LogP contribution is 2.44. The summed E-state index contributed by atoms with van der Waals surface area (Å²) in [4.78, 5) is 14.7. The topological polar surface area (TPSA) is 41.6 Å². The van der Waals surface area contributed by atoms with Crippen LogP contribution in [0.15, 0.2) is 102 Å². The van der Waals surface area contributed by atoms with Gasteiger partial charge in [-0.25, -0.2) is 4.79 Å². The molecule has 1 aliphatic carbocycles. The van der Waals surface area contributed by atoms with Crippen LogP contribution in [-0.4, -0.2) is 24.1 Å². The zero-order valence-corrected chi connectivity index (χ0v) is 21.2. The van der Waals surface area contributed by atoms with Crippen LogP contribution in [0.2, 0.25) is 0 Å².